The fraction of sp³-hybridized carbons (Fsp3) is 0.167. The molecule has 5 nitrogen and oxygen atoms in total. The molecule has 3 aromatic carbocycles. The molecule has 0 saturated heterocycles. The Morgan fingerprint density at radius 1 is 0.935 bits per heavy atom. The Morgan fingerprint density at radius 2 is 1.61 bits per heavy atom. The highest BCUT2D eigenvalue weighted by Gasteiger charge is 2.17. The van der Waals surface area contributed by atoms with Crippen LogP contribution in [0.25, 0.3) is 11.0 Å². The molecule has 158 valence electrons. The molecule has 0 aliphatic carbocycles. The van der Waals surface area contributed by atoms with E-state index in [-0.39, 0.29) is 11.6 Å². The Bertz CT molecular complexity index is 1310. The fourth-order valence-electron chi connectivity index (χ4n) is 3.57. The van der Waals surface area contributed by atoms with Crippen molar-refractivity contribution in [3.8, 4) is 0 Å². The third-order valence-electron chi connectivity index (χ3n) is 5.06. The molecule has 4 aromatic rings. The Morgan fingerprint density at radius 3 is 2.26 bits per heavy atom. The SMILES string of the molecule is CCn1c(=O)n(CC)c2cc(Sc3ccccc3)c(NC(=O)c3cccc(Cl)c3)cc21. The number of amides is 1. The number of carbonyl (C=O) groups is 1. The number of nitrogens with zero attached hydrogens (tertiary/aromatic N) is 2. The van der Waals surface area contributed by atoms with Gasteiger partial charge in [-0.15, -0.1) is 0 Å². The molecule has 1 N–H and O–H groups in total. The Kier molecular flexibility index (Phi) is 6.20. The first kappa shape index (κ1) is 21.3. The average molecular weight is 452 g/mol. The topological polar surface area (TPSA) is 56.0 Å². The van der Waals surface area contributed by atoms with E-state index in [1.54, 1.807) is 45.2 Å². The molecule has 0 aliphatic heterocycles. The molecular weight excluding hydrogens is 430 g/mol. The van der Waals surface area contributed by atoms with Crippen LogP contribution in [0.4, 0.5) is 5.69 Å². The lowest BCUT2D eigenvalue weighted by atomic mass is 10.2. The summed E-state index contributed by atoms with van der Waals surface area (Å²) in [4.78, 5) is 27.7. The van der Waals surface area contributed by atoms with Gasteiger partial charge < -0.3 is 5.32 Å². The largest absolute Gasteiger partial charge is 0.329 e. The van der Waals surface area contributed by atoms with Crippen LogP contribution in [-0.4, -0.2) is 15.0 Å². The van der Waals surface area contributed by atoms with Crippen molar-refractivity contribution in [2.24, 2.45) is 0 Å². The zero-order chi connectivity index (χ0) is 22.0. The van der Waals surface area contributed by atoms with Crippen LogP contribution in [0.15, 0.2) is 81.3 Å². The number of benzene rings is 3. The highest BCUT2D eigenvalue weighted by Crippen LogP contribution is 2.36. The summed E-state index contributed by atoms with van der Waals surface area (Å²) in [6, 6.07) is 20.6. The highest BCUT2D eigenvalue weighted by atomic mass is 35.5. The molecule has 0 unspecified atom stereocenters. The van der Waals surface area contributed by atoms with E-state index < -0.39 is 0 Å². The molecular formula is C24H22ClN3O2S. The van der Waals surface area contributed by atoms with Crippen LogP contribution in [0.5, 0.6) is 0 Å². The Labute approximate surface area is 189 Å². The smallest absolute Gasteiger partial charge is 0.321 e. The molecule has 0 fully saturated rings. The van der Waals surface area contributed by atoms with E-state index in [0.29, 0.717) is 29.4 Å². The van der Waals surface area contributed by atoms with Gasteiger partial charge >= 0.3 is 5.69 Å². The molecule has 0 atom stereocenters. The van der Waals surface area contributed by atoms with Gasteiger partial charge in [0, 0.05) is 33.5 Å². The van der Waals surface area contributed by atoms with Gasteiger partial charge in [-0.25, -0.2) is 4.79 Å². The van der Waals surface area contributed by atoms with Crippen LogP contribution in [0.3, 0.4) is 0 Å². The van der Waals surface area contributed by atoms with Crippen LogP contribution >= 0.6 is 23.4 Å². The standard InChI is InChI=1S/C24H22ClN3O2S/c1-3-27-20-14-19(26-23(29)16-9-8-10-17(25)13-16)22(31-18-11-6-5-7-12-18)15-21(20)28(4-2)24(27)30/h5-15H,3-4H2,1-2H3,(H,26,29). The van der Waals surface area contributed by atoms with Crippen molar-refractivity contribution in [3.63, 3.8) is 0 Å². The second-order valence-corrected chi connectivity index (χ2v) is 8.54. The number of nitrogens with one attached hydrogen (secondary N) is 1. The summed E-state index contributed by atoms with van der Waals surface area (Å²) >= 11 is 7.61. The Balaban J connectivity index is 1.85. The quantitative estimate of drug-likeness (QED) is 0.397. The number of hydrogen-bond acceptors (Lipinski definition) is 3. The van der Waals surface area contributed by atoms with Gasteiger partial charge in [0.2, 0.25) is 0 Å². The number of carbonyl (C=O) groups excluding carboxylic acids is 1. The van der Waals surface area contributed by atoms with Crippen molar-refractivity contribution < 1.29 is 4.79 Å². The van der Waals surface area contributed by atoms with E-state index in [4.69, 9.17) is 11.6 Å². The maximum Gasteiger partial charge on any atom is 0.329 e. The molecule has 1 heterocycles. The second kappa shape index (κ2) is 9.04. The number of rotatable bonds is 6. The first-order chi connectivity index (χ1) is 15.0. The molecule has 4 rings (SSSR count). The predicted octanol–water partition coefficient (Wildman–Crippen LogP) is 5.90. The van der Waals surface area contributed by atoms with E-state index in [0.717, 1.165) is 20.8 Å². The molecule has 1 amide bonds. The van der Waals surface area contributed by atoms with Gasteiger partial charge in [0.1, 0.15) is 0 Å². The maximum absolute atomic E-state index is 12.9. The summed E-state index contributed by atoms with van der Waals surface area (Å²) in [6.45, 7) is 5.03. The number of aromatic nitrogens is 2. The van der Waals surface area contributed by atoms with Gasteiger partial charge in [-0.1, -0.05) is 47.6 Å². The van der Waals surface area contributed by atoms with Crippen LogP contribution in [0.2, 0.25) is 5.02 Å². The zero-order valence-electron chi connectivity index (χ0n) is 17.3. The normalized spacial score (nSPS) is 11.1. The van der Waals surface area contributed by atoms with Crippen LogP contribution in [-0.2, 0) is 13.1 Å². The molecule has 1 aromatic heterocycles. The number of hydrogen-bond donors (Lipinski definition) is 1. The number of fused-ring (bicyclic) bond motifs is 1. The van der Waals surface area contributed by atoms with Gasteiger partial charge in [-0.05, 0) is 56.3 Å². The third kappa shape index (κ3) is 4.27. The number of anilines is 1. The van der Waals surface area contributed by atoms with Crippen molar-refractivity contribution in [1.82, 2.24) is 9.13 Å². The summed E-state index contributed by atoms with van der Waals surface area (Å²) < 4.78 is 3.49. The molecule has 0 spiro atoms. The van der Waals surface area contributed by atoms with E-state index in [2.05, 4.69) is 5.32 Å². The van der Waals surface area contributed by atoms with Crippen molar-refractivity contribution in [3.05, 3.63) is 87.8 Å². The lowest BCUT2D eigenvalue weighted by molar-refractivity contribution is 0.102. The van der Waals surface area contributed by atoms with Gasteiger partial charge in [-0.3, -0.25) is 13.9 Å². The third-order valence-corrected chi connectivity index (χ3v) is 6.36. The molecule has 0 aliphatic rings. The van der Waals surface area contributed by atoms with Crippen molar-refractivity contribution >= 4 is 46.0 Å². The van der Waals surface area contributed by atoms with E-state index in [1.807, 2.05) is 56.3 Å². The first-order valence-electron chi connectivity index (χ1n) is 10.1. The van der Waals surface area contributed by atoms with Gasteiger partial charge in [0.05, 0.1) is 16.7 Å². The lowest BCUT2D eigenvalue weighted by Gasteiger charge is -2.13. The summed E-state index contributed by atoms with van der Waals surface area (Å²) in [7, 11) is 0. The maximum atomic E-state index is 12.9. The molecule has 0 bridgehead atoms. The zero-order valence-corrected chi connectivity index (χ0v) is 18.8. The minimum absolute atomic E-state index is 0.0472. The first-order valence-corrected chi connectivity index (χ1v) is 11.3. The van der Waals surface area contributed by atoms with E-state index >= 15 is 0 Å². The van der Waals surface area contributed by atoms with Crippen LogP contribution in [0, 0.1) is 0 Å². The number of aryl methyl sites for hydroxylation is 2. The summed E-state index contributed by atoms with van der Waals surface area (Å²) in [5.41, 5.74) is 2.74. The molecule has 7 heteroatoms. The minimum atomic E-state index is -0.253. The van der Waals surface area contributed by atoms with E-state index in [1.165, 1.54) is 0 Å². The summed E-state index contributed by atoms with van der Waals surface area (Å²) in [5.74, 6) is -0.253. The van der Waals surface area contributed by atoms with Crippen LogP contribution in [0.1, 0.15) is 24.2 Å². The lowest BCUT2D eigenvalue weighted by Crippen LogP contribution is -2.23. The van der Waals surface area contributed by atoms with Crippen molar-refractivity contribution in [1.29, 1.82) is 0 Å². The summed E-state index contributed by atoms with van der Waals surface area (Å²) in [5, 5.41) is 3.52. The fourth-order valence-corrected chi connectivity index (χ4v) is 4.70. The van der Waals surface area contributed by atoms with Gasteiger partial charge in [0.15, 0.2) is 0 Å². The van der Waals surface area contributed by atoms with Crippen LogP contribution < -0.4 is 11.0 Å². The molecule has 0 saturated carbocycles. The van der Waals surface area contributed by atoms with E-state index in [9.17, 15) is 9.59 Å². The van der Waals surface area contributed by atoms with Gasteiger partial charge in [0.25, 0.3) is 5.91 Å². The highest BCUT2D eigenvalue weighted by molar-refractivity contribution is 7.99. The Hall–Kier alpha value is -2.96. The second-order valence-electron chi connectivity index (χ2n) is 6.99. The molecule has 0 radical (unpaired) electrons. The average Bonchev–Trinajstić information content (AvgIpc) is 3.03. The molecule has 31 heavy (non-hydrogen) atoms. The minimum Gasteiger partial charge on any atom is -0.321 e. The number of halogens is 1. The predicted molar refractivity (Wildman–Crippen MR) is 128 cm³/mol. The van der Waals surface area contributed by atoms with Gasteiger partial charge in [-0.2, -0.15) is 0 Å². The van der Waals surface area contributed by atoms with Crippen molar-refractivity contribution in [2.75, 3.05) is 5.32 Å². The monoisotopic (exact) mass is 451 g/mol. The van der Waals surface area contributed by atoms with Crippen molar-refractivity contribution in [2.45, 2.75) is 36.7 Å². The number of imidazole rings is 1. The summed E-state index contributed by atoms with van der Waals surface area (Å²) in [6.07, 6.45) is 0.